The fourth-order valence-electron chi connectivity index (χ4n) is 4.17. The van der Waals surface area contributed by atoms with Crippen molar-refractivity contribution in [1.82, 2.24) is 14.8 Å². The van der Waals surface area contributed by atoms with Gasteiger partial charge in [-0.3, -0.25) is 14.7 Å². The molecule has 6 nitrogen and oxygen atoms in total. The number of nitrogens with zero attached hydrogens (tertiary/aromatic N) is 3. The first kappa shape index (κ1) is 19.2. The molecular formula is C22H29N3O3. The van der Waals surface area contributed by atoms with Crippen LogP contribution in [0.3, 0.4) is 0 Å². The molecule has 2 aliphatic heterocycles. The van der Waals surface area contributed by atoms with Crippen molar-refractivity contribution in [2.24, 2.45) is 5.92 Å². The summed E-state index contributed by atoms with van der Waals surface area (Å²) in [5.74, 6) is 1.32. The predicted molar refractivity (Wildman–Crippen MR) is 105 cm³/mol. The molecule has 28 heavy (non-hydrogen) atoms. The topological polar surface area (TPSA) is 58.8 Å². The van der Waals surface area contributed by atoms with Crippen molar-refractivity contribution in [3.63, 3.8) is 0 Å². The van der Waals surface area contributed by atoms with Gasteiger partial charge in [0.25, 0.3) is 0 Å². The van der Waals surface area contributed by atoms with Crippen LogP contribution >= 0.6 is 0 Å². The van der Waals surface area contributed by atoms with E-state index in [1.54, 1.807) is 12.5 Å². The van der Waals surface area contributed by atoms with Gasteiger partial charge in [-0.15, -0.1) is 0 Å². The smallest absolute Gasteiger partial charge is 0.226 e. The summed E-state index contributed by atoms with van der Waals surface area (Å²) >= 11 is 0. The van der Waals surface area contributed by atoms with Crippen molar-refractivity contribution >= 4 is 5.91 Å². The first-order chi connectivity index (χ1) is 13.8. The Bertz CT molecular complexity index is 721. The van der Waals surface area contributed by atoms with Crippen LogP contribution in [0, 0.1) is 5.92 Å². The maximum atomic E-state index is 13.3. The molecule has 150 valence electrons. The summed E-state index contributed by atoms with van der Waals surface area (Å²) in [7, 11) is 0. The second kappa shape index (κ2) is 9.34. The van der Waals surface area contributed by atoms with Gasteiger partial charge in [-0.05, 0) is 63.0 Å². The summed E-state index contributed by atoms with van der Waals surface area (Å²) in [6, 6.07) is 9.80. The van der Waals surface area contributed by atoms with Crippen LogP contribution < -0.4 is 0 Å². The zero-order valence-corrected chi connectivity index (χ0v) is 16.3. The Morgan fingerprint density at radius 3 is 2.75 bits per heavy atom. The molecule has 0 unspecified atom stereocenters. The number of carbonyl (C=O) groups is 1. The lowest BCUT2D eigenvalue weighted by molar-refractivity contribution is -0.139. The van der Waals surface area contributed by atoms with Gasteiger partial charge in [-0.1, -0.05) is 6.07 Å². The highest BCUT2D eigenvalue weighted by molar-refractivity contribution is 5.79. The van der Waals surface area contributed by atoms with Crippen LogP contribution in [-0.4, -0.2) is 53.0 Å². The Balaban J connectivity index is 1.36. The molecule has 0 N–H and O–H groups in total. The van der Waals surface area contributed by atoms with Crippen LogP contribution in [0.2, 0.25) is 0 Å². The van der Waals surface area contributed by atoms with Crippen LogP contribution in [0.1, 0.15) is 37.1 Å². The normalized spacial score (nSPS) is 21.1. The maximum absolute atomic E-state index is 13.3. The molecule has 0 aliphatic carbocycles. The minimum atomic E-state index is 0.0815. The van der Waals surface area contributed by atoms with Gasteiger partial charge >= 0.3 is 0 Å². The number of ether oxygens (including phenoxy) is 1. The zero-order chi connectivity index (χ0) is 19.2. The lowest BCUT2D eigenvalue weighted by atomic mass is 9.94. The number of aromatic nitrogens is 1. The molecule has 0 aromatic carbocycles. The highest BCUT2D eigenvalue weighted by atomic mass is 16.5. The molecule has 4 rings (SSSR count). The van der Waals surface area contributed by atoms with E-state index >= 15 is 0 Å². The molecule has 2 fully saturated rings. The Labute approximate surface area is 166 Å². The van der Waals surface area contributed by atoms with Crippen LogP contribution in [0.4, 0.5) is 0 Å². The van der Waals surface area contributed by atoms with Crippen LogP contribution in [0.5, 0.6) is 0 Å². The molecular weight excluding hydrogens is 354 g/mol. The average molecular weight is 383 g/mol. The van der Waals surface area contributed by atoms with Gasteiger partial charge in [0, 0.05) is 25.3 Å². The Hall–Kier alpha value is -2.18. The summed E-state index contributed by atoms with van der Waals surface area (Å²) in [6.07, 6.45) is 7.57. The lowest BCUT2D eigenvalue weighted by Gasteiger charge is -2.34. The molecule has 0 bridgehead atoms. The van der Waals surface area contributed by atoms with E-state index in [1.807, 2.05) is 35.2 Å². The van der Waals surface area contributed by atoms with E-state index in [0.29, 0.717) is 13.1 Å². The van der Waals surface area contributed by atoms with E-state index in [4.69, 9.17) is 9.15 Å². The number of hydrogen-bond acceptors (Lipinski definition) is 5. The number of amides is 1. The third kappa shape index (κ3) is 5.00. The van der Waals surface area contributed by atoms with Gasteiger partial charge in [0.1, 0.15) is 5.76 Å². The monoisotopic (exact) mass is 383 g/mol. The van der Waals surface area contributed by atoms with Crippen molar-refractivity contribution in [2.45, 2.75) is 44.9 Å². The number of pyridine rings is 1. The van der Waals surface area contributed by atoms with Gasteiger partial charge in [0.2, 0.25) is 5.91 Å². The van der Waals surface area contributed by atoms with E-state index in [9.17, 15) is 4.79 Å². The molecule has 4 heterocycles. The predicted octanol–water partition coefficient (Wildman–Crippen LogP) is 3.09. The fraction of sp³-hybridized carbons (Fsp3) is 0.545. The minimum absolute atomic E-state index is 0.0815. The fourth-order valence-corrected chi connectivity index (χ4v) is 4.17. The molecule has 0 spiro atoms. The first-order valence-corrected chi connectivity index (χ1v) is 10.3. The van der Waals surface area contributed by atoms with E-state index in [0.717, 1.165) is 63.4 Å². The molecule has 0 radical (unpaired) electrons. The van der Waals surface area contributed by atoms with Crippen molar-refractivity contribution in [3.05, 3.63) is 54.2 Å². The second-order valence-corrected chi connectivity index (χ2v) is 7.80. The zero-order valence-electron chi connectivity index (χ0n) is 16.3. The number of furan rings is 1. The second-order valence-electron chi connectivity index (χ2n) is 7.80. The Kier molecular flexibility index (Phi) is 6.39. The van der Waals surface area contributed by atoms with Crippen molar-refractivity contribution in [2.75, 3.05) is 26.2 Å². The van der Waals surface area contributed by atoms with Crippen molar-refractivity contribution in [1.29, 1.82) is 0 Å². The van der Waals surface area contributed by atoms with E-state index < -0.39 is 0 Å². The number of piperidine rings is 1. The highest BCUT2D eigenvalue weighted by Crippen LogP contribution is 2.23. The summed E-state index contributed by atoms with van der Waals surface area (Å²) in [5, 5.41) is 0. The van der Waals surface area contributed by atoms with Gasteiger partial charge < -0.3 is 14.1 Å². The standard InChI is InChI=1S/C22H29N3O3/c26-22(18-8-11-24(12-9-18)16-20-6-3-13-27-20)25(17-21-7-4-14-28-21)15-19-5-1-2-10-23-19/h1-3,5-6,10,13,18,21H,4,7-9,11-12,14-17H2/t21-/m1/s1. The van der Waals surface area contributed by atoms with Crippen LogP contribution in [-0.2, 0) is 22.6 Å². The highest BCUT2D eigenvalue weighted by Gasteiger charge is 2.31. The van der Waals surface area contributed by atoms with Crippen LogP contribution in [0.15, 0.2) is 47.2 Å². The lowest BCUT2D eigenvalue weighted by Crippen LogP contribution is -2.44. The van der Waals surface area contributed by atoms with Gasteiger partial charge in [-0.25, -0.2) is 0 Å². The van der Waals surface area contributed by atoms with Gasteiger partial charge in [0.15, 0.2) is 0 Å². The maximum Gasteiger partial charge on any atom is 0.226 e. The van der Waals surface area contributed by atoms with E-state index in [-0.39, 0.29) is 17.9 Å². The average Bonchev–Trinajstić information content (AvgIpc) is 3.43. The Morgan fingerprint density at radius 1 is 1.18 bits per heavy atom. The molecule has 0 saturated carbocycles. The summed E-state index contributed by atoms with van der Waals surface area (Å²) in [6.45, 7) is 4.71. The molecule has 2 aromatic heterocycles. The quantitative estimate of drug-likeness (QED) is 0.735. The summed E-state index contributed by atoms with van der Waals surface area (Å²) in [4.78, 5) is 22.1. The molecule has 1 atom stereocenters. The summed E-state index contributed by atoms with van der Waals surface area (Å²) < 4.78 is 11.3. The number of hydrogen-bond donors (Lipinski definition) is 0. The molecule has 2 aliphatic rings. The van der Waals surface area contributed by atoms with Gasteiger partial charge in [0.05, 0.1) is 31.2 Å². The Morgan fingerprint density at radius 2 is 2.07 bits per heavy atom. The molecule has 6 heteroatoms. The summed E-state index contributed by atoms with van der Waals surface area (Å²) in [5.41, 5.74) is 0.934. The third-order valence-corrected chi connectivity index (χ3v) is 5.74. The molecule has 1 amide bonds. The number of rotatable bonds is 7. The third-order valence-electron chi connectivity index (χ3n) is 5.74. The molecule has 2 aromatic rings. The first-order valence-electron chi connectivity index (χ1n) is 10.3. The van der Waals surface area contributed by atoms with Crippen molar-refractivity contribution in [3.8, 4) is 0 Å². The molecule has 2 saturated heterocycles. The van der Waals surface area contributed by atoms with Gasteiger partial charge in [-0.2, -0.15) is 0 Å². The van der Waals surface area contributed by atoms with Crippen LogP contribution in [0.25, 0.3) is 0 Å². The number of carbonyl (C=O) groups excluding carboxylic acids is 1. The van der Waals surface area contributed by atoms with E-state index in [2.05, 4.69) is 9.88 Å². The van der Waals surface area contributed by atoms with E-state index in [1.165, 1.54) is 0 Å². The van der Waals surface area contributed by atoms with Crippen molar-refractivity contribution < 1.29 is 13.9 Å². The SMILES string of the molecule is O=C(C1CCN(Cc2ccco2)CC1)N(Cc1ccccn1)C[C@H]1CCCO1. The minimum Gasteiger partial charge on any atom is -0.468 e. The largest absolute Gasteiger partial charge is 0.468 e. The number of likely N-dealkylation sites (tertiary alicyclic amines) is 1.